The summed E-state index contributed by atoms with van der Waals surface area (Å²) in [7, 11) is 0. The Balaban J connectivity index is 1.56. The van der Waals surface area contributed by atoms with Crippen LogP contribution in [0.1, 0.15) is 52.7 Å². The zero-order valence-corrected chi connectivity index (χ0v) is 16.6. The molecule has 28 heavy (non-hydrogen) atoms. The second kappa shape index (κ2) is 7.31. The molecule has 1 N–H and O–H groups in total. The molecule has 1 unspecified atom stereocenters. The fraction of sp³-hybridized carbons (Fsp3) is 0.333. The molecule has 1 aliphatic rings. The number of amides is 1. The van der Waals surface area contributed by atoms with E-state index in [1.54, 1.807) is 23.5 Å². The van der Waals surface area contributed by atoms with E-state index in [1.807, 2.05) is 19.1 Å². The number of aromatic nitrogens is 2. The van der Waals surface area contributed by atoms with Crippen molar-refractivity contribution in [2.75, 3.05) is 0 Å². The highest BCUT2D eigenvalue weighted by atomic mass is 32.1. The second-order valence-electron chi connectivity index (χ2n) is 7.18. The number of nitrogens with zero attached hydrogens (tertiary/aromatic N) is 2. The molecule has 6 nitrogen and oxygen atoms in total. The van der Waals surface area contributed by atoms with Crippen molar-refractivity contribution in [1.82, 2.24) is 14.9 Å². The largest absolute Gasteiger partial charge is 0.350 e. The summed E-state index contributed by atoms with van der Waals surface area (Å²) in [6.45, 7) is 3.32. The molecule has 2 heterocycles. The molecule has 0 fully saturated rings. The Kier molecular flexibility index (Phi) is 4.85. The van der Waals surface area contributed by atoms with E-state index in [-0.39, 0.29) is 29.8 Å². The molecule has 144 valence electrons. The molecule has 0 saturated heterocycles. The van der Waals surface area contributed by atoms with Gasteiger partial charge in [-0.25, -0.2) is 4.98 Å². The average Bonchev–Trinajstić information content (AvgIpc) is 3.24. The van der Waals surface area contributed by atoms with Gasteiger partial charge in [-0.3, -0.25) is 19.0 Å². The third-order valence-corrected chi connectivity index (χ3v) is 6.36. The van der Waals surface area contributed by atoms with Crippen LogP contribution in [0, 0.1) is 0 Å². The van der Waals surface area contributed by atoms with Crippen molar-refractivity contribution in [3.63, 3.8) is 0 Å². The molecule has 4 rings (SSSR count). The second-order valence-corrected chi connectivity index (χ2v) is 8.27. The van der Waals surface area contributed by atoms with E-state index in [1.165, 1.54) is 22.7 Å². The number of hydrogen-bond donors (Lipinski definition) is 1. The fourth-order valence-electron chi connectivity index (χ4n) is 3.72. The summed E-state index contributed by atoms with van der Waals surface area (Å²) in [5.41, 5.74) is 2.44. The van der Waals surface area contributed by atoms with Gasteiger partial charge in [-0.15, -0.1) is 11.3 Å². The maximum atomic E-state index is 12.9. The first kappa shape index (κ1) is 18.6. The minimum absolute atomic E-state index is 0.0347. The Labute approximate surface area is 166 Å². The van der Waals surface area contributed by atoms with Gasteiger partial charge in [0.1, 0.15) is 4.83 Å². The van der Waals surface area contributed by atoms with Crippen molar-refractivity contribution in [3.8, 4) is 0 Å². The van der Waals surface area contributed by atoms with Crippen LogP contribution in [-0.4, -0.2) is 21.2 Å². The lowest BCUT2D eigenvalue weighted by Crippen LogP contribution is -2.25. The summed E-state index contributed by atoms with van der Waals surface area (Å²) in [5, 5.41) is 3.50. The van der Waals surface area contributed by atoms with Crippen molar-refractivity contribution in [2.24, 2.45) is 0 Å². The number of rotatable bonds is 5. The SMILES string of the molecule is CC(=O)NC(C)c1ccc(C(=O)Cn2cnc3sc4c(c3c2=O)CCC4)cc1. The first-order valence-electron chi connectivity index (χ1n) is 9.34. The number of carbonyl (C=O) groups excluding carboxylic acids is 2. The number of ketones is 1. The van der Waals surface area contributed by atoms with E-state index >= 15 is 0 Å². The fourth-order valence-corrected chi connectivity index (χ4v) is 4.94. The highest BCUT2D eigenvalue weighted by molar-refractivity contribution is 7.18. The predicted octanol–water partition coefficient (Wildman–Crippen LogP) is 3.03. The number of hydrogen-bond acceptors (Lipinski definition) is 5. The van der Waals surface area contributed by atoms with Gasteiger partial charge in [0.2, 0.25) is 5.91 Å². The standard InChI is InChI=1S/C21H21N3O3S/c1-12(23-13(2)25)14-6-8-15(9-7-14)17(26)10-24-11-22-20-19(21(24)27)16-4-3-5-18(16)28-20/h6-9,11-12H,3-5,10H2,1-2H3,(H,23,25). The maximum Gasteiger partial charge on any atom is 0.262 e. The molecule has 2 aromatic heterocycles. The van der Waals surface area contributed by atoms with Crippen LogP contribution >= 0.6 is 11.3 Å². The van der Waals surface area contributed by atoms with Gasteiger partial charge in [-0.05, 0) is 37.3 Å². The molecule has 0 radical (unpaired) electrons. The monoisotopic (exact) mass is 395 g/mol. The molecule has 1 aromatic carbocycles. The van der Waals surface area contributed by atoms with Crippen LogP contribution in [0.15, 0.2) is 35.4 Å². The van der Waals surface area contributed by atoms with Crippen LogP contribution in [0.5, 0.6) is 0 Å². The number of carbonyl (C=O) groups is 2. The van der Waals surface area contributed by atoms with E-state index in [0.29, 0.717) is 10.9 Å². The third-order valence-electron chi connectivity index (χ3n) is 5.16. The van der Waals surface area contributed by atoms with Gasteiger partial charge < -0.3 is 5.32 Å². The van der Waals surface area contributed by atoms with Gasteiger partial charge in [0.05, 0.1) is 24.3 Å². The van der Waals surface area contributed by atoms with E-state index in [2.05, 4.69) is 10.3 Å². The van der Waals surface area contributed by atoms with Gasteiger partial charge in [-0.2, -0.15) is 0 Å². The Hall–Kier alpha value is -2.80. The zero-order chi connectivity index (χ0) is 19.8. The van der Waals surface area contributed by atoms with Gasteiger partial charge in [0.15, 0.2) is 5.78 Å². The summed E-state index contributed by atoms with van der Waals surface area (Å²) in [4.78, 5) is 43.2. The van der Waals surface area contributed by atoms with Gasteiger partial charge >= 0.3 is 0 Å². The van der Waals surface area contributed by atoms with E-state index in [4.69, 9.17) is 0 Å². The topological polar surface area (TPSA) is 81.1 Å². The van der Waals surface area contributed by atoms with Crippen molar-refractivity contribution >= 4 is 33.2 Å². The summed E-state index contributed by atoms with van der Waals surface area (Å²) in [6.07, 6.45) is 4.48. The smallest absolute Gasteiger partial charge is 0.262 e. The molecule has 0 spiro atoms. The van der Waals surface area contributed by atoms with Crippen molar-refractivity contribution in [2.45, 2.75) is 45.7 Å². The predicted molar refractivity (Wildman–Crippen MR) is 109 cm³/mol. The van der Waals surface area contributed by atoms with Gasteiger partial charge in [0, 0.05) is 17.4 Å². The number of Topliss-reactive ketones (excluding diaryl/α,β-unsaturated/α-hetero) is 1. The molecule has 0 bridgehead atoms. The van der Waals surface area contributed by atoms with Crippen LogP contribution in [0.4, 0.5) is 0 Å². The Morgan fingerprint density at radius 1 is 1.25 bits per heavy atom. The minimum Gasteiger partial charge on any atom is -0.350 e. The molecule has 0 aliphatic heterocycles. The number of thiophene rings is 1. The number of fused-ring (bicyclic) bond motifs is 3. The molecule has 1 amide bonds. The van der Waals surface area contributed by atoms with Gasteiger partial charge in [-0.1, -0.05) is 24.3 Å². The first-order valence-corrected chi connectivity index (χ1v) is 10.2. The minimum atomic E-state index is -0.145. The summed E-state index contributed by atoms with van der Waals surface area (Å²) in [6, 6.07) is 6.98. The molecule has 7 heteroatoms. The highest BCUT2D eigenvalue weighted by Gasteiger charge is 2.22. The van der Waals surface area contributed by atoms with E-state index in [9.17, 15) is 14.4 Å². The lowest BCUT2D eigenvalue weighted by atomic mass is 10.0. The van der Waals surface area contributed by atoms with Crippen LogP contribution in [0.2, 0.25) is 0 Å². The molecule has 1 atom stereocenters. The summed E-state index contributed by atoms with van der Waals surface area (Å²) in [5.74, 6) is -0.247. The Bertz CT molecular complexity index is 1130. The van der Waals surface area contributed by atoms with Gasteiger partial charge in [0.25, 0.3) is 5.56 Å². The molecular formula is C21H21N3O3S. The lowest BCUT2D eigenvalue weighted by Gasteiger charge is -2.13. The number of benzene rings is 1. The summed E-state index contributed by atoms with van der Waals surface area (Å²) >= 11 is 1.59. The molecule has 1 aliphatic carbocycles. The highest BCUT2D eigenvalue weighted by Crippen LogP contribution is 2.34. The van der Waals surface area contributed by atoms with Crippen LogP contribution in [0.3, 0.4) is 0 Å². The van der Waals surface area contributed by atoms with Crippen molar-refractivity contribution < 1.29 is 9.59 Å². The maximum absolute atomic E-state index is 12.9. The average molecular weight is 395 g/mol. The van der Waals surface area contributed by atoms with Crippen LogP contribution in [0.25, 0.3) is 10.2 Å². The molecule has 3 aromatic rings. The number of nitrogens with one attached hydrogen (secondary N) is 1. The van der Waals surface area contributed by atoms with Crippen LogP contribution in [-0.2, 0) is 24.2 Å². The Morgan fingerprint density at radius 2 is 2.00 bits per heavy atom. The quantitative estimate of drug-likeness (QED) is 0.674. The molecular weight excluding hydrogens is 374 g/mol. The normalized spacial score (nSPS) is 14.1. The number of aryl methyl sites for hydroxylation is 2. The van der Waals surface area contributed by atoms with Crippen LogP contribution < -0.4 is 10.9 Å². The third kappa shape index (κ3) is 3.38. The lowest BCUT2D eigenvalue weighted by molar-refractivity contribution is -0.119. The zero-order valence-electron chi connectivity index (χ0n) is 15.8. The van der Waals surface area contributed by atoms with E-state index < -0.39 is 0 Å². The molecule has 0 saturated carbocycles. The first-order chi connectivity index (χ1) is 13.4. The van der Waals surface area contributed by atoms with Crippen molar-refractivity contribution in [3.05, 3.63) is 62.5 Å². The van der Waals surface area contributed by atoms with E-state index in [0.717, 1.165) is 35.2 Å². The Morgan fingerprint density at radius 3 is 2.71 bits per heavy atom. The summed E-state index contributed by atoms with van der Waals surface area (Å²) < 4.78 is 1.41. The van der Waals surface area contributed by atoms with Crippen molar-refractivity contribution in [1.29, 1.82) is 0 Å².